The summed E-state index contributed by atoms with van der Waals surface area (Å²) in [5, 5.41) is 8.81. The highest BCUT2D eigenvalue weighted by molar-refractivity contribution is 5.87. The van der Waals surface area contributed by atoms with Gasteiger partial charge in [-0.05, 0) is 12.3 Å². The van der Waals surface area contributed by atoms with Gasteiger partial charge in [-0.25, -0.2) is 4.79 Å². The van der Waals surface area contributed by atoms with Gasteiger partial charge in [0.2, 0.25) is 0 Å². The van der Waals surface area contributed by atoms with Crippen molar-refractivity contribution in [1.82, 2.24) is 10.5 Å². The number of amides is 2. The zero-order valence-corrected chi connectivity index (χ0v) is 8.41. The minimum atomic E-state index is -0.250. The molecule has 5 heteroatoms. The van der Waals surface area contributed by atoms with E-state index in [1.807, 2.05) is 0 Å². The van der Waals surface area contributed by atoms with Crippen LogP contribution in [-0.4, -0.2) is 17.7 Å². The fraction of sp³-hybridized carbons (Fsp3) is 0.556. The van der Waals surface area contributed by atoms with Crippen molar-refractivity contribution < 1.29 is 9.32 Å². The Morgan fingerprint density at radius 2 is 2.43 bits per heavy atom. The summed E-state index contributed by atoms with van der Waals surface area (Å²) in [4.78, 5) is 11.2. The number of nitrogens with one attached hydrogen (secondary N) is 2. The van der Waals surface area contributed by atoms with Gasteiger partial charge in [0, 0.05) is 12.6 Å². The molecular weight excluding hydrogens is 182 g/mol. The Kier molecular flexibility index (Phi) is 3.97. The highest BCUT2D eigenvalue weighted by atomic mass is 16.5. The Morgan fingerprint density at radius 3 is 3.00 bits per heavy atom. The number of aromatic nitrogens is 1. The Hall–Kier alpha value is -1.52. The van der Waals surface area contributed by atoms with Gasteiger partial charge in [0.1, 0.15) is 6.26 Å². The highest BCUT2D eigenvalue weighted by Gasteiger charge is 2.02. The highest BCUT2D eigenvalue weighted by Crippen LogP contribution is 2.00. The van der Waals surface area contributed by atoms with Crippen molar-refractivity contribution in [2.45, 2.75) is 20.3 Å². The van der Waals surface area contributed by atoms with Crippen molar-refractivity contribution in [2.75, 3.05) is 11.9 Å². The molecule has 0 aliphatic heterocycles. The van der Waals surface area contributed by atoms with E-state index in [1.165, 1.54) is 6.26 Å². The molecule has 0 saturated heterocycles. The van der Waals surface area contributed by atoms with Crippen molar-refractivity contribution in [1.29, 1.82) is 0 Å². The number of nitrogens with zero attached hydrogens (tertiary/aromatic N) is 1. The van der Waals surface area contributed by atoms with Gasteiger partial charge >= 0.3 is 6.03 Å². The molecule has 5 nitrogen and oxygen atoms in total. The summed E-state index contributed by atoms with van der Waals surface area (Å²) in [6, 6.07) is 1.33. The number of anilines is 1. The summed E-state index contributed by atoms with van der Waals surface area (Å²) in [6.07, 6.45) is 2.37. The number of hydrogen-bond donors (Lipinski definition) is 2. The SMILES string of the molecule is CC(C)CCNC(=O)Nc1ccon1. The maximum absolute atomic E-state index is 11.2. The molecule has 0 unspecified atom stereocenters. The molecule has 0 aliphatic rings. The normalized spacial score (nSPS) is 10.2. The first-order chi connectivity index (χ1) is 6.68. The van der Waals surface area contributed by atoms with Gasteiger partial charge < -0.3 is 9.84 Å². The Balaban J connectivity index is 2.17. The molecular formula is C9H15N3O2. The number of carbonyl (C=O) groups excluding carboxylic acids is 1. The van der Waals surface area contributed by atoms with Crippen molar-refractivity contribution in [3.8, 4) is 0 Å². The van der Waals surface area contributed by atoms with E-state index in [2.05, 4.69) is 34.2 Å². The van der Waals surface area contributed by atoms with Gasteiger partial charge in [-0.1, -0.05) is 19.0 Å². The van der Waals surface area contributed by atoms with Gasteiger partial charge in [-0.2, -0.15) is 0 Å². The second-order valence-corrected chi connectivity index (χ2v) is 3.45. The molecule has 78 valence electrons. The Labute approximate surface area is 82.8 Å². The van der Waals surface area contributed by atoms with Crippen LogP contribution in [0.1, 0.15) is 20.3 Å². The lowest BCUT2D eigenvalue weighted by Gasteiger charge is -2.06. The minimum absolute atomic E-state index is 0.250. The quantitative estimate of drug-likeness (QED) is 0.773. The first-order valence-corrected chi connectivity index (χ1v) is 4.63. The maximum Gasteiger partial charge on any atom is 0.320 e. The summed E-state index contributed by atoms with van der Waals surface area (Å²) >= 11 is 0. The molecule has 2 N–H and O–H groups in total. The largest absolute Gasteiger partial charge is 0.363 e. The molecule has 1 heterocycles. The van der Waals surface area contributed by atoms with Crippen LogP contribution in [0.25, 0.3) is 0 Å². The minimum Gasteiger partial charge on any atom is -0.363 e. The van der Waals surface area contributed by atoms with E-state index >= 15 is 0 Å². The first kappa shape index (κ1) is 10.6. The van der Waals surface area contributed by atoms with Crippen LogP contribution in [0.4, 0.5) is 10.6 Å². The summed E-state index contributed by atoms with van der Waals surface area (Å²) in [5.74, 6) is 1.01. The maximum atomic E-state index is 11.2. The van der Waals surface area contributed by atoms with Crippen LogP contribution in [0.2, 0.25) is 0 Å². The molecule has 0 radical (unpaired) electrons. The molecule has 0 fully saturated rings. The van der Waals surface area contributed by atoms with E-state index in [1.54, 1.807) is 6.07 Å². The Morgan fingerprint density at radius 1 is 1.64 bits per heavy atom. The summed E-state index contributed by atoms with van der Waals surface area (Å²) in [6.45, 7) is 4.88. The van der Waals surface area contributed by atoms with E-state index in [0.29, 0.717) is 18.3 Å². The molecule has 2 amide bonds. The summed E-state index contributed by atoms with van der Waals surface area (Å²) in [7, 11) is 0. The molecule has 0 aromatic carbocycles. The third-order valence-electron chi connectivity index (χ3n) is 1.69. The third-order valence-corrected chi connectivity index (χ3v) is 1.69. The standard InChI is InChI=1S/C9H15N3O2/c1-7(2)3-5-10-9(13)11-8-4-6-14-12-8/h4,6-7H,3,5H2,1-2H3,(H2,10,11,12,13). The summed E-state index contributed by atoms with van der Waals surface area (Å²) < 4.78 is 4.57. The number of rotatable bonds is 4. The first-order valence-electron chi connectivity index (χ1n) is 4.63. The van der Waals surface area contributed by atoms with Crippen LogP contribution < -0.4 is 10.6 Å². The molecule has 0 aliphatic carbocycles. The van der Waals surface area contributed by atoms with Crippen molar-refractivity contribution >= 4 is 11.8 Å². The van der Waals surface area contributed by atoms with Crippen molar-refractivity contribution in [2.24, 2.45) is 5.92 Å². The number of hydrogen-bond acceptors (Lipinski definition) is 3. The molecule has 0 spiro atoms. The van der Waals surface area contributed by atoms with Crippen LogP contribution in [0.3, 0.4) is 0 Å². The average molecular weight is 197 g/mol. The second-order valence-electron chi connectivity index (χ2n) is 3.45. The monoisotopic (exact) mass is 197 g/mol. The van der Waals surface area contributed by atoms with Crippen molar-refractivity contribution in [3.05, 3.63) is 12.3 Å². The fourth-order valence-electron chi connectivity index (χ4n) is 0.912. The molecule has 0 atom stereocenters. The van der Waals surface area contributed by atoms with E-state index in [0.717, 1.165) is 6.42 Å². The average Bonchev–Trinajstić information content (AvgIpc) is 2.56. The summed E-state index contributed by atoms with van der Waals surface area (Å²) in [5.41, 5.74) is 0. The van der Waals surface area contributed by atoms with E-state index in [4.69, 9.17) is 0 Å². The van der Waals surface area contributed by atoms with Gasteiger partial charge in [0.15, 0.2) is 5.82 Å². The molecule has 0 bridgehead atoms. The van der Waals surface area contributed by atoms with Gasteiger partial charge in [-0.3, -0.25) is 5.32 Å². The molecule has 0 saturated carbocycles. The van der Waals surface area contributed by atoms with Crippen LogP contribution in [0.15, 0.2) is 16.9 Å². The van der Waals surface area contributed by atoms with Crippen LogP contribution in [0, 0.1) is 5.92 Å². The van der Waals surface area contributed by atoms with E-state index in [-0.39, 0.29) is 6.03 Å². The van der Waals surface area contributed by atoms with Crippen LogP contribution in [0.5, 0.6) is 0 Å². The molecule has 1 aromatic heterocycles. The number of urea groups is 1. The van der Waals surface area contributed by atoms with Gasteiger partial charge in [0.05, 0.1) is 0 Å². The lowest BCUT2D eigenvalue weighted by Crippen LogP contribution is -2.30. The van der Waals surface area contributed by atoms with Gasteiger partial charge in [0.25, 0.3) is 0 Å². The zero-order valence-electron chi connectivity index (χ0n) is 8.41. The van der Waals surface area contributed by atoms with Crippen molar-refractivity contribution in [3.63, 3.8) is 0 Å². The third kappa shape index (κ3) is 3.93. The lowest BCUT2D eigenvalue weighted by atomic mass is 10.1. The topological polar surface area (TPSA) is 67.2 Å². The molecule has 1 aromatic rings. The van der Waals surface area contributed by atoms with Gasteiger partial charge in [-0.15, -0.1) is 0 Å². The predicted octanol–water partition coefficient (Wildman–Crippen LogP) is 1.84. The van der Waals surface area contributed by atoms with Crippen LogP contribution >= 0.6 is 0 Å². The molecule has 1 rings (SSSR count). The lowest BCUT2D eigenvalue weighted by molar-refractivity contribution is 0.251. The van der Waals surface area contributed by atoms with Crippen LogP contribution in [-0.2, 0) is 0 Å². The smallest absolute Gasteiger partial charge is 0.320 e. The van der Waals surface area contributed by atoms with E-state index in [9.17, 15) is 4.79 Å². The number of carbonyl (C=O) groups is 1. The predicted molar refractivity (Wildman–Crippen MR) is 53.0 cm³/mol. The Bertz CT molecular complexity index is 270. The molecule has 14 heavy (non-hydrogen) atoms. The fourth-order valence-corrected chi connectivity index (χ4v) is 0.912. The second kappa shape index (κ2) is 5.26. The van der Waals surface area contributed by atoms with E-state index < -0.39 is 0 Å². The zero-order chi connectivity index (χ0) is 10.4.